The van der Waals surface area contributed by atoms with Crippen molar-refractivity contribution in [1.82, 2.24) is 19.5 Å². The lowest BCUT2D eigenvalue weighted by molar-refractivity contribution is -0.157. The van der Waals surface area contributed by atoms with Crippen LogP contribution in [-0.2, 0) is 16.0 Å². The van der Waals surface area contributed by atoms with E-state index in [9.17, 15) is 9.59 Å². The van der Waals surface area contributed by atoms with E-state index >= 15 is 0 Å². The van der Waals surface area contributed by atoms with Gasteiger partial charge in [-0.15, -0.1) is 0 Å². The summed E-state index contributed by atoms with van der Waals surface area (Å²) >= 11 is 0. The van der Waals surface area contributed by atoms with Crippen LogP contribution in [0.1, 0.15) is 42.2 Å². The van der Waals surface area contributed by atoms with Crippen LogP contribution in [0, 0.1) is 5.41 Å². The number of carbonyl (C=O) groups is 2. The average molecular weight is 404 g/mol. The van der Waals surface area contributed by atoms with E-state index < -0.39 is 5.41 Å². The third-order valence-corrected chi connectivity index (χ3v) is 6.47. The molecule has 1 aromatic carbocycles. The molecule has 2 aliphatic rings. The van der Waals surface area contributed by atoms with Crippen LogP contribution in [-0.4, -0.2) is 50.1 Å². The zero-order valence-corrected chi connectivity index (χ0v) is 16.9. The Kier molecular flexibility index (Phi) is 4.53. The van der Waals surface area contributed by atoms with Gasteiger partial charge in [-0.1, -0.05) is 30.3 Å². The fourth-order valence-corrected chi connectivity index (χ4v) is 5.27. The number of nitrogens with zero attached hydrogens (tertiary/aromatic N) is 4. The Morgan fingerprint density at radius 1 is 1.20 bits per heavy atom. The molecule has 0 unspecified atom stereocenters. The molecule has 7 heteroatoms. The monoisotopic (exact) mass is 404 g/mol. The molecule has 3 atom stereocenters. The Morgan fingerprint density at radius 3 is 2.80 bits per heavy atom. The van der Waals surface area contributed by atoms with Gasteiger partial charge in [0.15, 0.2) is 11.3 Å². The minimum absolute atomic E-state index is 0.0217. The second kappa shape index (κ2) is 7.23. The van der Waals surface area contributed by atoms with Gasteiger partial charge in [0.2, 0.25) is 0 Å². The highest BCUT2D eigenvalue weighted by molar-refractivity contribution is 5.95. The molecule has 0 spiro atoms. The maximum absolute atomic E-state index is 13.5. The van der Waals surface area contributed by atoms with Crippen molar-refractivity contribution in [3.05, 3.63) is 66.1 Å². The third kappa shape index (κ3) is 2.88. The normalized spacial score (nSPS) is 25.0. The minimum Gasteiger partial charge on any atom is -0.465 e. The fraction of sp³-hybridized carbons (Fsp3) is 0.391. The van der Waals surface area contributed by atoms with Crippen molar-refractivity contribution in [3.8, 4) is 0 Å². The molecular formula is C23H24N4O3. The molecule has 3 aromatic rings. The highest BCUT2D eigenvalue weighted by Crippen LogP contribution is 2.52. The first-order valence-electron chi connectivity index (χ1n) is 10.5. The van der Waals surface area contributed by atoms with Crippen molar-refractivity contribution >= 4 is 17.5 Å². The van der Waals surface area contributed by atoms with Crippen LogP contribution in [0.15, 0.2) is 54.9 Å². The third-order valence-electron chi connectivity index (χ3n) is 6.47. The summed E-state index contributed by atoms with van der Waals surface area (Å²) in [4.78, 5) is 32.8. The number of aromatic nitrogens is 3. The summed E-state index contributed by atoms with van der Waals surface area (Å²) in [7, 11) is 0. The molecule has 0 N–H and O–H groups in total. The topological polar surface area (TPSA) is 76.8 Å². The van der Waals surface area contributed by atoms with Gasteiger partial charge in [0.1, 0.15) is 0 Å². The molecule has 30 heavy (non-hydrogen) atoms. The van der Waals surface area contributed by atoms with Gasteiger partial charge in [-0.05, 0) is 44.2 Å². The van der Waals surface area contributed by atoms with Gasteiger partial charge in [-0.2, -0.15) is 5.10 Å². The van der Waals surface area contributed by atoms with Crippen molar-refractivity contribution < 1.29 is 14.3 Å². The van der Waals surface area contributed by atoms with E-state index in [2.05, 4.69) is 10.1 Å². The Morgan fingerprint density at radius 2 is 2.03 bits per heavy atom. The Hall–Kier alpha value is -3.22. The predicted octanol–water partition coefficient (Wildman–Crippen LogP) is 2.90. The smallest absolute Gasteiger partial charge is 0.314 e. The van der Waals surface area contributed by atoms with E-state index in [0.717, 1.165) is 18.4 Å². The number of benzene rings is 1. The van der Waals surface area contributed by atoms with Gasteiger partial charge in [0, 0.05) is 30.5 Å². The Labute approximate surface area is 174 Å². The van der Waals surface area contributed by atoms with Crippen molar-refractivity contribution in [2.24, 2.45) is 5.41 Å². The molecule has 2 aromatic heterocycles. The molecule has 0 radical (unpaired) electrons. The van der Waals surface area contributed by atoms with Gasteiger partial charge in [-0.25, -0.2) is 9.50 Å². The maximum Gasteiger partial charge on any atom is 0.314 e. The highest BCUT2D eigenvalue weighted by atomic mass is 16.5. The number of fused-ring (bicyclic) bond motifs is 3. The first-order chi connectivity index (χ1) is 14.6. The van der Waals surface area contributed by atoms with Crippen LogP contribution in [0.3, 0.4) is 0 Å². The summed E-state index contributed by atoms with van der Waals surface area (Å²) in [6.45, 7) is 2.16. The number of amides is 1. The van der Waals surface area contributed by atoms with Gasteiger partial charge >= 0.3 is 5.97 Å². The summed E-state index contributed by atoms with van der Waals surface area (Å²) in [6.07, 6.45) is 6.35. The van der Waals surface area contributed by atoms with Crippen molar-refractivity contribution in [1.29, 1.82) is 0 Å². The molecule has 2 fully saturated rings. The average Bonchev–Trinajstić information content (AvgIpc) is 3.46. The van der Waals surface area contributed by atoms with Crippen LogP contribution < -0.4 is 0 Å². The SMILES string of the molecule is CCOC(=O)[C@@]1(Cc2ccccc2)C[C@H]2CC[C@@H]1N2C(=O)c1cc2ncccn2n1. The molecule has 1 amide bonds. The quantitative estimate of drug-likeness (QED) is 0.611. The van der Waals surface area contributed by atoms with Crippen LogP contribution in [0.2, 0.25) is 0 Å². The molecule has 5 rings (SSSR count). The zero-order chi connectivity index (χ0) is 20.7. The zero-order valence-electron chi connectivity index (χ0n) is 16.9. The van der Waals surface area contributed by atoms with Crippen LogP contribution in [0.25, 0.3) is 5.65 Å². The van der Waals surface area contributed by atoms with E-state index in [-0.39, 0.29) is 24.0 Å². The molecular weight excluding hydrogens is 380 g/mol. The highest BCUT2D eigenvalue weighted by Gasteiger charge is 2.62. The standard InChI is InChI=1S/C23H24N4O3/c1-2-30-22(29)23(14-16-7-4-3-5-8-16)15-17-9-10-19(23)27(17)21(28)18-13-20-24-11-6-12-26(20)25-18/h3-8,11-13,17,19H,2,9-10,14-15H2,1H3/t17-,19+,23+/m1/s1. The molecule has 7 nitrogen and oxygen atoms in total. The van der Waals surface area contributed by atoms with Gasteiger partial charge in [0.25, 0.3) is 5.91 Å². The lowest BCUT2D eigenvalue weighted by Gasteiger charge is -2.35. The number of esters is 1. The van der Waals surface area contributed by atoms with Crippen molar-refractivity contribution in [2.75, 3.05) is 6.61 Å². The minimum atomic E-state index is -0.715. The van der Waals surface area contributed by atoms with Crippen LogP contribution in [0.5, 0.6) is 0 Å². The summed E-state index contributed by atoms with van der Waals surface area (Å²) in [5.41, 5.74) is 1.37. The first kappa shape index (κ1) is 18.8. The van der Waals surface area contributed by atoms with E-state index in [0.29, 0.717) is 30.8 Å². The van der Waals surface area contributed by atoms with Crippen molar-refractivity contribution in [3.63, 3.8) is 0 Å². The summed E-state index contributed by atoms with van der Waals surface area (Å²) < 4.78 is 7.13. The lowest BCUT2D eigenvalue weighted by atomic mass is 9.70. The van der Waals surface area contributed by atoms with E-state index in [1.54, 1.807) is 29.0 Å². The van der Waals surface area contributed by atoms with Crippen molar-refractivity contribution in [2.45, 2.75) is 44.7 Å². The van der Waals surface area contributed by atoms with Crippen LogP contribution in [0.4, 0.5) is 0 Å². The number of hydrogen-bond acceptors (Lipinski definition) is 5. The van der Waals surface area contributed by atoms with E-state index in [1.165, 1.54) is 0 Å². The lowest BCUT2D eigenvalue weighted by Crippen LogP contribution is -2.47. The molecule has 4 heterocycles. The molecule has 2 saturated heterocycles. The first-order valence-corrected chi connectivity index (χ1v) is 10.5. The van der Waals surface area contributed by atoms with Gasteiger partial charge < -0.3 is 9.64 Å². The molecule has 154 valence electrons. The largest absolute Gasteiger partial charge is 0.465 e. The Balaban J connectivity index is 1.50. The molecule has 0 saturated carbocycles. The summed E-state index contributed by atoms with van der Waals surface area (Å²) in [5, 5.41) is 4.41. The van der Waals surface area contributed by atoms with Crippen LogP contribution >= 0.6 is 0 Å². The molecule has 2 aliphatic heterocycles. The number of rotatable bonds is 5. The summed E-state index contributed by atoms with van der Waals surface area (Å²) in [5.74, 6) is -0.331. The van der Waals surface area contributed by atoms with Gasteiger partial charge in [-0.3, -0.25) is 9.59 Å². The van der Waals surface area contributed by atoms with Gasteiger partial charge in [0.05, 0.1) is 12.0 Å². The Bertz CT molecular complexity index is 1060. The summed E-state index contributed by atoms with van der Waals surface area (Å²) in [6, 6.07) is 13.3. The number of ether oxygens (including phenoxy) is 1. The fourth-order valence-electron chi connectivity index (χ4n) is 5.27. The second-order valence-corrected chi connectivity index (χ2v) is 8.15. The number of hydrogen-bond donors (Lipinski definition) is 0. The molecule has 0 aliphatic carbocycles. The number of carbonyl (C=O) groups excluding carboxylic acids is 2. The maximum atomic E-state index is 13.5. The van der Waals surface area contributed by atoms with E-state index in [4.69, 9.17) is 4.74 Å². The predicted molar refractivity (Wildman–Crippen MR) is 110 cm³/mol. The molecule has 2 bridgehead atoms. The van der Waals surface area contributed by atoms with E-state index in [1.807, 2.05) is 42.2 Å². The second-order valence-electron chi connectivity index (χ2n) is 8.15.